The van der Waals surface area contributed by atoms with Gasteiger partial charge in [-0.3, -0.25) is 11.7 Å². The highest BCUT2D eigenvalue weighted by Gasteiger charge is 2.17. The molecule has 0 saturated carbocycles. The lowest BCUT2D eigenvalue weighted by Crippen LogP contribution is -2.02. The maximum Gasteiger partial charge on any atom is 0.00612 e. The third kappa shape index (κ3) is 7.37. The zero-order valence-corrected chi connectivity index (χ0v) is 28.1. The van der Waals surface area contributed by atoms with Gasteiger partial charge in [-0.05, 0) is 73.0 Å². The molecule has 8 aromatic carbocycles. The van der Waals surface area contributed by atoms with E-state index in [0.717, 1.165) is 0 Å². The van der Waals surface area contributed by atoms with Gasteiger partial charge in [-0.25, -0.2) is 0 Å². The lowest BCUT2D eigenvalue weighted by molar-refractivity contribution is 0.923. The van der Waals surface area contributed by atoms with Gasteiger partial charge in [0, 0.05) is 5.92 Å². The number of benzene rings is 8. The summed E-state index contributed by atoms with van der Waals surface area (Å²) in [5.74, 6) is 8.32. The van der Waals surface area contributed by atoms with Crippen molar-refractivity contribution in [2.24, 2.45) is 11.7 Å². The molecule has 0 aliphatic rings. The molecule has 240 valence electrons. The molecular weight excluding hydrogens is 593 g/mol. The SMILES string of the molecule is CC(c1ccccc1)c1cccc(-c2c3ccccc3c(-c3ccc(-c4ccccc4)cc3)c3ccccc23)c1.Cc1ccccc1.NN. The van der Waals surface area contributed by atoms with Crippen LogP contribution in [0.15, 0.2) is 188 Å². The van der Waals surface area contributed by atoms with Gasteiger partial charge < -0.3 is 0 Å². The second kappa shape index (κ2) is 15.9. The molecule has 0 aliphatic carbocycles. The quantitative estimate of drug-likeness (QED) is 0.112. The Kier molecular flexibility index (Phi) is 10.7. The Morgan fingerprint density at radius 1 is 0.347 bits per heavy atom. The minimum absolute atomic E-state index is 0.320. The second-order valence-corrected chi connectivity index (χ2v) is 12.2. The Morgan fingerprint density at radius 3 is 1.20 bits per heavy atom. The third-order valence-electron chi connectivity index (χ3n) is 9.13. The van der Waals surface area contributed by atoms with Crippen LogP contribution in [-0.4, -0.2) is 0 Å². The van der Waals surface area contributed by atoms with Crippen molar-refractivity contribution >= 4 is 21.5 Å². The molecule has 0 heterocycles. The van der Waals surface area contributed by atoms with E-state index in [1.807, 2.05) is 18.2 Å². The first-order valence-electron chi connectivity index (χ1n) is 16.8. The van der Waals surface area contributed by atoms with E-state index >= 15 is 0 Å². The molecule has 0 aromatic heterocycles. The fraction of sp³-hybridized carbons (Fsp3) is 0.0638. The monoisotopic (exact) mass is 634 g/mol. The highest BCUT2D eigenvalue weighted by atomic mass is 15.0. The van der Waals surface area contributed by atoms with E-state index in [0.29, 0.717) is 5.92 Å². The van der Waals surface area contributed by atoms with Crippen molar-refractivity contribution in [1.29, 1.82) is 0 Å². The molecule has 1 unspecified atom stereocenters. The Bertz CT molecular complexity index is 2180. The van der Waals surface area contributed by atoms with Gasteiger partial charge in [0.15, 0.2) is 0 Å². The molecule has 0 fully saturated rings. The number of rotatable bonds is 5. The molecule has 0 spiro atoms. The maximum atomic E-state index is 4.00. The predicted octanol–water partition coefficient (Wildman–Crippen LogP) is 12.0. The average Bonchev–Trinajstić information content (AvgIpc) is 3.19. The summed E-state index contributed by atoms with van der Waals surface area (Å²) in [6, 6.07) is 67.6. The van der Waals surface area contributed by atoms with Crippen LogP contribution in [0.25, 0.3) is 54.9 Å². The zero-order chi connectivity index (χ0) is 34.0. The maximum absolute atomic E-state index is 4.00. The van der Waals surface area contributed by atoms with Crippen LogP contribution in [0, 0.1) is 6.92 Å². The van der Waals surface area contributed by atoms with Gasteiger partial charge in [-0.2, -0.15) is 0 Å². The normalized spacial score (nSPS) is 11.2. The number of aryl methyl sites for hydroxylation is 1. The summed E-state index contributed by atoms with van der Waals surface area (Å²) in [7, 11) is 0. The first-order chi connectivity index (χ1) is 24.2. The van der Waals surface area contributed by atoms with Crippen LogP contribution in [0.1, 0.15) is 29.5 Å². The van der Waals surface area contributed by atoms with Crippen molar-refractivity contribution in [2.45, 2.75) is 19.8 Å². The topological polar surface area (TPSA) is 52.0 Å². The van der Waals surface area contributed by atoms with Crippen LogP contribution in [-0.2, 0) is 0 Å². The Morgan fingerprint density at radius 2 is 0.714 bits per heavy atom. The van der Waals surface area contributed by atoms with Gasteiger partial charge in [0.1, 0.15) is 0 Å². The lowest BCUT2D eigenvalue weighted by atomic mass is 9.84. The standard InChI is InChI=1S/C40H30.C7H8.H4N2/c1-28(29-13-4-2-5-14-29)33-17-12-18-34(27-33)40-37-21-10-8-19-35(37)39(36-20-9-11-22-38(36)40)32-25-23-31(24-26-32)30-15-6-3-7-16-30;1-7-5-3-2-4-6-7;1-2/h2-28H,1H3;2-6H,1H3;1-2H2. The van der Waals surface area contributed by atoms with Crippen LogP contribution in [0.2, 0.25) is 0 Å². The van der Waals surface area contributed by atoms with Crippen molar-refractivity contribution in [2.75, 3.05) is 0 Å². The number of hydrogen-bond acceptors (Lipinski definition) is 2. The van der Waals surface area contributed by atoms with Gasteiger partial charge in [0.25, 0.3) is 0 Å². The van der Waals surface area contributed by atoms with Crippen molar-refractivity contribution in [3.63, 3.8) is 0 Å². The van der Waals surface area contributed by atoms with Gasteiger partial charge in [-0.15, -0.1) is 0 Å². The number of hydrogen-bond donors (Lipinski definition) is 2. The molecule has 4 N–H and O–H groups in total. The van der Waals surface area contributed by atoms with E-state index in [4.69, 9.17) is 0 Å². The van der Waals surface area contributed by atoms with Crippen LogP contribution < -0.4 is 11.7 Å². The van der Waals surface area contributed by atoms with Crippen LogP contribution >= 0.6 is 0 Å². The highest BCUT2D eigenvalue weighted by molar-refractivity contribution is 6.21. The third-order valence-corrected chi connectivity index (χ3v) is 9.13. The molecule has 0 amide bonds. The van der Waals surface area contributed by atoms with E-state index in [1.54, 1.807) is 0 Å². The van der Waals surface area contributed by atoms with Gasteiger partial charge >= 0.3 is 0 Å². The molecular formula is C47H42N2. The summed E-state index contributed by atoms with van der Waals surface area (Å²) in [4.78, 5) is 0. The zero-order valence-electron chi connectivity index (χ0n) is 28.1. The summed E-state index contributed by atoms with van der Waals surface area (Å²) < 4.78 is 0. The van der Waals surface area contributed by atoms with Gasteiger partial charge in [-0.1, -0.05) is 201 Å². The summed E-state index contributed by atoms with van der Waals surface area (Å²) >= 11 is 0. The van der Waals surface area contributed by atoms with E-state index in [-0.39, 0.29) is 0 Å². The highest BCUT2D eigenvalue weighted by Crippen LogP contribution is 2.44. The Hall–Kier alpha value is -5.80. The number of fused-ring (bicyclic) bond motifs is 2. The fourth-order valence-corrected chi connectivity index (χ4v) is 6.64. The van der Waals surface area contributed by atoms with Gasteiger partial charge in [0.2, 0.25) is 0 Å². The molecule has 0 aliphatic heterocycles. The summed E-state index contributed by atoms with van der Waals surface area (Å²) in [5, 5.41) is 5.14. The first-order valence-corrected chi connectivity index (χ1v) is 16.8. The summed E-state index contributed by atoms with van der Waals surface area (Å²) in [6.07, 6.45) is 0. The van der Waals surface area contributed by atoms with Crippen molar-refractivity contribution in [3.05, 3.63) is 205 Å². The molecule has 8 rings (SSSR count). The van der Waals surface area contributed by atoms with Crippen LogP contribution in [0.5, 0.6) is 0 Å². The van der Waals surface area contributed by atoms with Crippen LogP contribution in [0.4, 0.5) is 0 Å². The van der Waals surface area contributed by atoms with Crippen molar-refractivity contribution in [3.8, 4) is 33.4 Å². The Labute approximate surface area is 290 Å². The number of hydrazine groups is 1. The van der Waals surface area contributed by atoms with Crippen molar-refractivity contribution in [1.82, 2.24) is 0 Å². The fourth-order valence-electron chi connectivity index (χ4n) is 6.64. The summed E-state index contributed by atoms with van der Waals surface area (Å²) in [6.45, 7) is 4.38. The average molecular weight is 635 g/mol. The smallest absolute Gasteiger partial charge is 0.00612 e. The predicted molar refractivity (Wildman–Crippen MR) is 211 cm³/mol. The van der Waals surface area contributed by atoms with E-state index < -0.39 is 0 Å². The minimum atomic E-state index is 0.320. The number of nitrogens with two attached hydrogens (primary N) is 2. The van der Waals surface area contributed by atoms with E-state index in [2.05, 4.69) is 195 Å². The van der Waals surface area contributed by atoms with E-state index in [1.165, 1.54) is 71.6 Å². The molecule has 0 radical (unpaired) electrons. The molecule has 2 heteroatoms. The Balaban J connectivity index is 0.000000409. The largest absolute Gasteiger partial charge is 0.274 e. The summed E-state index contributed by atoms with van der Waals surface area (Å²) in [5.41, 5.74) is 11.6. The minimum Gasteiger partial charge on any atom is -0.274 e. The van der Waals surface area contributed by atoms with Crippen LogP contribution in [0.3, 0.4) is 0 Å². The molecule has 8 aromatic rings. The van der Waals surface area contributed by atoms with Gasteiger partial charge in [0.05, 0.1) is 0 Å². The molecule has 2 nitrogen and oxygen atoms in total. The van der Waals surface area contributed by atoms with Crippen molar-refractivity contribution < 1.29 is 0 Å². The first kappa shape index (κ1) is 33.1. The lowest BCUT2D eigenvalue weighted by Gasteiger charge is -2.19. The van der Waals surface area contributed by atoms with E-state index in [9.17, 15) is 0 Å². The molecule has 0 bridgehead atoms. The molecule has 0 saturated heterocycles. The second-order valence-electron chi connectivity index (χ2n) is 12.2. The molecule has 49 heavy (non-hydrogen) atoms. The molecule has 1 atom stereocenters.